The molecule has 78 valence electrons. The highest BCUT2D eigenvalue weighted by Crippen LogP contribution is 2.22. The molecular weight excluding hydrogens is 186 g/mol. The second kappa shape index (κ2) is 4.28. The Morgan fingerprint density at radius 1 is 1.27 bits per heavy atom. The molecular formula is C12H15N3. The Morgan fingerprint density at radius 3 is 2.67 bits per heavy atom. The molecule has 3 heteroatoms. The second-order valence-electron chi connectivity index (χ2n) is 3.57. The van der Waals surface area contributed by atoms with Crippen molar-refractivity contribution in [1.29, 1.82) is 0 Å². The van der Waals surface area contributed by atoms with Crippen molar-refractivity contribution < 1.29 is 0 Å². The quantitative estimate of drug-likeness (QED) is 0.798. The zero-order chi connectivity index (χ0) is 10.7. The van der Waals surface area contributed by atoms with E-state index in [0.717, 1.165) is 23.5 Å². The summed E-state index contributed by atoms with van der Waals surface area (Å²) in [5, 5.41) is 10.5. The normalized spacial score (nSPS) is 10.5. The van der Waals surface area contributed by atoms with Crippen LogP contribution in [0.1, 0.15) is 11.3 Å². The topological polar surface area (TPSA) is 40.7 Å². The molecule has 2 N–H and O–H groups in total. The van der Waals surface area contributed by atoms with E-state index in [1.165, 1.54) is 5.56 Å². The van der Waals surface area contributed by atoms with Gasteiger partial charge < -0.3 is 5.32 Å². The molecule has 1 heterocycles. The van der Waals surface area contributed by atoms with Crippen LogP contribution in [0.5, 0.6) is 0 Å². The molecule has 0 unspecified atom stereocenters. The molecule has 0 aliphatic heterocycles. The van der Waals surface area contributed by atoms with Crippen LogP contribution in [0.2, 0.25) is 0 Å². The first-order valence-electron chi connectivity index (χ1n) is 5.07. The highest BCUT2D eigenvalue weighted by molar-refractivity contribution is 5.63. The van der Waals surface area contributed by atoms with Crippen molar-refractivity contribution in [3.8, 4) is 11.3 Å². The zero-order valence-corrected chi connectivity index (χ0v) is 9.04. The van der Waals surface area contributed by atoms with Crippen molar-refractivity contribution >= 4 is 0 Å². The third-order valence-corrected chi connectivity index (χ3v) is 2.47. The Kier molecular flexibility index (Phi) is 2.83. The number of hydrogen-bond acceptors (Lipinski definition) is 2. The van der Waals surface area contributed by atoms with Gasteiger partial charge in [0.2, 0.25) is 0 Å². The van der Waals surface area contributed by atoms with E-state index in [4.69, 9.17) is 0 Å². The van der Waals surface area contributed by atoms with Crippen molar-refractivity contribution in [3.63, 3.8) is 0 Å². The van der Waals surface area contributed by atoms with Gasteiger partial charge in [-0.2, -0.15) is 5.10 Å². The van der Waals surface area contributed by atoms with E-state index >= 15 is 0 Å². The van der Waals surface area contributed by atoms with Gasteiger partial charge in [0.15, 0.2) is 0 Å². The molecule has 0 radical (unpaired) electrons. The standard InChI is InChI=1S/C12H15N3/c1-9-11(8-13-2)12(15-14-9)10-6-4-3-5-7-10/h3-7,13H,8H2,1-2H3,(H,14,15). The summed E-state index contributed by atoms with van der Waals surface area (Å²) in [4.78, 5) is 0. The molecule has 3 nitrogen and oxygen atoms in total. The van der Waals surface area contributed by atoms with Crippen molar-refractivity contribution in [1.82, 2.24) is 15.5 Å². The van der Waals surface area contributed by atoms with Crippen LogP contribution in [-0.4, -0.2) is 17.2 Å². The Bertz CT molecular complexity index is 431. The van der Waals surface area contributed by atoms with Crippen LogP contribution >= 0.6 is 0 Å². The number of nitrogens with one attached hydrogen (secondary N) is 2. The molecule has 0 saturated carbocycles. The third-order valence-electron chi connectivity index (χ3n) is 2.47. The van der Waals surface area contributed by atoms with Gasteiger partial charge >= 0.3 is 0 Å². The lowest BCUT2D eigenvalue weighted by Gasteiger charge is -2.02. The van der Waals surface area contributed by atoms with Crippen molar-refractivity contribution in [2.75, 3.05) is 7.05 Å². The van der Waals surface area contributed by atoms with Crippen molar-refractivity contribution in [3.05, 3.63) is 41.6 Å². The number of aromatic nitrogens is 2. The first-order chi connectivity index (χ1) is 7.33. The molecule has 0 aliphatic carbocycles. The van der Waals surface area contributed by atoms with Crippen LogP contribution in [0, 0.1) is 6.92 Å². The summed E-state index contributed by atoms with van der Waals surface area (Å²) in [6.07, 6.45) is 0. The van der Waals surface area contributed by atoms with Crippen LogP contribution in [0.4, 0.5) is 0 Å². The number of H-pyrrole nitrogens is 1. The monoisotopic (exact) mass is 201 g/mol. The molecule has 1 aromatic carbocycles. The Balaban J connectivity index is 2.44. The minimum absolute atomic E-state index is 0.840. The zero-order valence-electron chi connectivity index (χ0n) is 9.04. The predicted molar refractivity (Wildman–Crippen MR) is 61.5 cm³/mol. The number of rotatable bonds is 3. The highest BCUT2D eigenvalue weighted by Gasteiger charge is 2.10. The minimum atomic E-state index is 0.840. The van der Waals surface area contributed by atoms with Crippen molar-refractivity contribution in [2.24, 2.45) is 0 Å². The highest BCUT2D eigenvalue weighted by atomic mass is 15.1. The van der Waals surface area contributed by atoms with Crippen LogP contribution in [0.3, 0.4) is 0 Å². The molecule has 0 bridgehead atoms. The van der Waals surface area contributed by atoms with E-state index in [-0.39, 0.29) is 0 Å². The summed E-state index contributed by atoms with van der Waals surface area (Å²) in [6.45, 7) is 2.89. The van der Waals surface area contributed by atoms with Gasteiger partial charge in [0.05, 0.1) is 5.69 Å². The average molecular weight is 201 g/mol. The summed E-state index contributed by atoms with van der Waals surface area (Å²) in [7, 11) is 1.95. The van der Waals surface area contributed by atoms with E-state index < -0.39 is 0 Å². The molecule has 0 fully saturated rings. The van der Waals surface area contributed by atoms with Crippen LogP contribution < -0.4 is 5.32 Å². The smallest absolute Gasteiger partial charge is 0.0968 e. The minimum Gasteiger partial charge on any atom is -0.316 e. The number of aryl methyl sites for hydroxylation is 1. The number of benzene rings is 1. The van der Waals surface area contributed by atoms with Gasteiger partial charge in [-0.1, -0.05) is 30.3 Å². The van der Waals surface area contributed by atoms with Gasteiger partial charge in [-0.25, -0.2) is 0 Å². The van der Waals surface area contributed by atoms with Crippen LogP contribution in [-0.2, 0) is 6.54 Å². The maximum absolute atomic E-state index is 4.34. The van der Waals surface area contributed by atoms with E-state index in [1.807, 2.05) is 32.2 Å². The predicted octanol–water partition coefficient (Wildman–Crippen LogP) is 2.10. The molecule has 1 aromatic heterocycles. The molecule has 15 heavy (non-hydrogen) atoms. The molecule has 2 rings (SSSR count). The maximum atomic E-state index is 4.34. The van der Waals surface area contributed by atoms with Gasteiger partial charge in [-0.05, 0) is 14.0 Å². The fourth-order valence-electron chi connectivity index (χ4n) is 1.68. The molecule has 0 atom stereocenters. The van der Waals surface area contributed by atoms with Crippen molar-refractivity contribution in [2.45, 2.75) is 13.5 Å². The van der Waals surface area contributed by atoms with Gasteiger partial charge in [0.1, 0.15) is 0 Å². The SMILES string of the molecule is CNCc1c(-c2ccccc2)n[nH]c1C. The molecule has 0 amide bonds. The summed E-state index contributed by atoms with van der Waals surface area (Å²) in [5.74, 6) is 0. The first kappa shape index (κ1) is 9.93. The van der Waals surface area contributed by atoms with Gasteiger partial charge in [0, 0.05) is 23.4 Å². The Morgan fingerprint density at radius 2 is 2.00 bits per heavy atom. The molecule has 2 aromatic rings. The largest absolute Gasteiger partial charge is 0.316 e. The molecule has 0 saturated heterocycles. The van der Waals surface area contributed by atoms with E-state index in [1.54, 1.807) is 0 Å². The molecule has 0 spiro atoms. The third kappa shape index (κ3) is 1.92. The summed E-state index contributed by atoms with van der Waals surface area (Å²) in [6, 6.07) is 10.2. The van der Waals surface area contributed by atoms with E-state index in [0.29, 0.717) is 0 Å². The summed E-state index contributed by atoms with van der Waals surface area (Å²) < 4.78 is 0. The first-order valence-corrected chi connectivity index (χ1v) is 5.07. The average Bonchev–Trinajstić information content (AvgIpc) is 2.63. The fourth-order valence-corrected chi connectivity index (χ4v) is 1.68. The van der Waals surface area contributed by atoms with E-state index in [9.17, 15) is 0 Å². The van der Waals surface area contributed by atoms with Crippen LogP contribution in [0.15, 0.2) is 30.3 Å². The molecule has 0 aliphatic rings. The maximum Gasteiger partial charge on any atom is 0.0968 e. The van der Waals surface area contributed by atoms with Gasteiger partial charge in [0.25, 0.3) is 0 Å². The number of aromatic amines is 1. The van der Waals surface area contributed by atoms with E-state index in [2.05, 4.69) is 27.6 Å². The Hall–Kier alpha value is -1.61. The Labute approximate surface area is 89.5 Å². The lowest BCUT2D eigenvalue weighted by Crippen LogP contribution is -2.06. The summed E-state index contributed by atoms with van der Waals surface area (Å²) >= 11 is 0. The lowest BCUT2D eigenvalue weighted by molar-refractivity contribution is 0.813. The van der Waals surface area contributed by atoms with Crippen LogP contribution in [0.25, 0.3) is 11.3 Å². The fraction of sp³-hybridized carbons (Fsp3) is 0.250. The van der Waals surface area contributed by atoms with Gasteiger partial charge in [-0.15, -0.1) is 0 Å². The number of nitrogens with zero attached hydrogens (tertiary/aromatic N) is 1. The number of hydrogen-bond donors (Lipinski definition) is 2. The summed E-state index contributed by atoms with van der Waals surface area (Å²) in [5.41, 5.74) is 4.57. The lowest BCUT2D eigenvalue weighted by atomic mass is 10.1. The second-order valence-corrected chi connectivity index (χ2v) is 3.57. The van der Waals surface area contributed by atoms with Gasteiger partial charge in [-0.3, -0.25) is 5.10 Å².